The summed E-state index contributed by atoms with van der Waals surface area (Å²) in [6.45, 7) is 3.33. The molecular formula is C13H15O4. The molecular weight excluding hydrogens is 220 g/mol. The fourth-order valence-corrected chi connectivity index (χ4v) is 1.14. The molecule has 0 fully saturated rings. The molecule has 0 aromatic heterocycles. The lowest BCUT2D eigenvalue weighted by Gasteiger charge is -2.05. The van der Waals surface area contributed by atoms with Gasteiger partial charge in [0.25, 0.3) is 0 Å². The van der Waals surface area contributed by atoms with E-state index in [-0.39, 0.29) is 13.0 Å². The minimum absolute atomic E-state index is 0.209. The van der Waals surface area contributed by atoms with Gasteiger partial charge in [-0.2, -0.15) is 0 Å². The van der Waals surface area contributed by atoms with Crippen LogP contribution in [0.5, 0.6) is 5.75 Å². The summed E-state index contributed by atoms with van der Waals surface area (Å²) in [7, 11) is 0. The van der Waals surface area contributed by atoms with Gasteiger partial charge in [0.1, 0.15) is 5.75 Å². The molecule has 0 aliphatic carbocycles. The average Bonchev–Trinajstić information content (AvgIpc) is 2.35. The van der Waals surface area contributed by atoms with Crippen molar-refractivity contribution in [2.45, 2.75) is 19.3 Å². The van der Waals surface area contributed by atoms with E-state index in [1.54, 1.807) is 24.3 Å². The number of carbonyl (C=O) groups excluding carboxylic acids is 2. The fourth-order valence-electron chi connectivity index (χ4n) is 1.14. The van der Waals surface area contributed by atoms with Gasteiger partial charge in [0, 0.05) is 6.42 Å². The van der Waals surface area contributed by atoms with Crippen molar-refractivity contribution in [1.82, 2.24) is 0 Å². The number of benzene rings is 1. The number of unbranched alkanes of at least 4 members (excludes halogenated alkanes) is 1. The Morgan fingerprint density at radius 1 is 1.12 bits per heavy atom. The summed E-state index contributed by atoms with van der Waals surface area (Å²) in [5.74, 6) is -0.645. The first-order valence-corrected chi connectivity index (χ1v) is 5.43. The van der Waals surface area contributed by atoms with Gasteiger partial charge in [0.2, 0.25) is 0 Å². The van der Waals surface area contributed by atoms with E-state index in [4.69, 9.17) is 4.74 Å². The highest BCUT2D eigenvalue weighted by atomic mass is 16.6. The average molecular weight is 235 g/mol. The highest BCUT2D eigenvalue weighted by Gasteiger charge is 2.10. The minimum Gasteiger partial charge on any atom is -0.482 e. The second-order valence-electron chi connectivity index (χ2n) is 3.40. The van der Waals surface area contributed by atoms with Gasteiger partial charge in [-0.3, -0.25) is 4.79 Å². The lowest BCUT2D eigenvalue weighted by molar-refractivity contribution is -0.161. The normalized spacial score (nSPS) is 9.71. The van der Waals surface area contributed by atoms with Crippen molar-refractivity contribution >= 4 is 11.9 Å². The standard InChI is InChI=1S/C13H15O4/c1-2-3-9-12(14)17-13(15)10-16-11-7-5-4-6-8-11/h4-8H,1-3,9-10H2. The van der Waals surface area contributed by atoms with Gasteiger partial charge in [-0.05, 0) is 18.6 Å². The molecule has 0 N–H and O–H groups in total. The van der Waals surface area contributed by atoms with Crippen LogP contribution in [0, 0.1) is 6.92 Å². The van der Waals surface area contributed by atoms with Crippen molar-refractivity contribution in [3.8, 4) is 5.75 Å². The molecule has 0 saturated carbocycles. The minimum atomic E-state index is -0.678. The quantitative estimate of drug-likeness (QED) is 0.560. The summed E-state index contributed by atoms with van der Waals surface area (Å²) in [4.78, 5) is 22.3. The summed E-state index contributed by atoms with van der Waals surface area (Å²) in [6.07, 6.45) is 1.47. The van der Waals surface area contributed by atoms with Crippen LogP contribution in [0.25, 0.3) is 0 Å². The smallest absolute Gasteiger partial charge is 0.351 e. The van der Waals surface area contributed by atoms with Crippen molar-refractivity contribution in [2.75, 3.05) is 6.61 Å². The first-order chi connectivity index (χ1) is 8.22. The van der Waals surface area contributed by atoms with E-state index in [1.165, 1.54) is 0 Å². The number of hydrogen-bond donors (Lipinski definition) is 0. The van der Waals surface area contributed by atoms with Gasteiger partial charge >= 0.3 is 11.9 Å². The van der Waals surface area contributed by atoms with E-state index in [0.717, 1.165) is 0 Å². The molecule has 0 heterocycles. The number of rotatable bonds is 6. The zero-order chi connectivity index (χ0) is 12.5. The number of ether oxygens (including phenoxy) is 2. The summed E-state index contributed by atoms with van der Waals surface area (Å²) in [5, 5.41) is 0. The van der Waals surface area contributed by atoms with Gasteiger partial charge < -0.3 is 9.47 Å². The lowest BCUT2D eigenvalue weighted by atomic mass is 10.2. The molecule has 0 amide bonds. The Labute approximate surface area is 101 Å². The van der Waals surface area contributed by atoms with Crippen molar-refractivity contribution in [3.63, 3.8) is 0 Å². The zero-order valence-corrected chi connectivity index (χ0v) is 9.56. The number of esters is 2. The molecule has 0 unspecified atom stereocenters. The molecule has 1 aromatic rings. The van der Waals surface area contributed by atoms with Crippen LogP contribution in [0.1, 0.15) is 19.3 Å². The predicted octanol–water partition coefficient (Wildman–Crippen LogP) is 2.14. The Morgan fingerprint density at radius 2 is 1.82 bits per heavy atom. The maximum atomic E-state index is 11.2. The van der Waals surface area contributed by atoms with Crippen molar-refractivity contribution in [3.05, 3.63) is 37.3 Å². The van der Waals surface area contributed by atoms with Gasteiger partial charge in [0.15, 0.2) is 6.61 Å². The van der Waals surface area contributed by atoms with Crippen molar-refractivity contribution in [2.24, 2.45) is 0 Å². The van der Waals surface area contributed by atoms with Crippen molar-refractivity contribution in [1.29, 1.82) is 0 Å². The molecule has 0 saturated heterocycles. The van der Waals surface area contributed by atoms with E-state index in [0.29, 0.717) is 18.6 Å². The number of carbonyl (C=O) groups is 2. The van der Waals surface area contributed by atoms with Crippen LogP contribution in [-0.4, -0.2) is 18.5 Å². The molecule has 1 rings (SSSR count). The second-order valence-corrected chi connectivity index (χ2v) is 3.40. The molecule has 91 valence electrons. The van der Waals surface area contributed by atoms with Gasteiger partial charge in [-0.15, -0.1) is 0 Å². The molecule has 4 heteroatoms. The Balaban J connectivity index is 2.24. The van der Waals surface area contributed by atoms with Crippen LogP contribution >= 0.6 is 0 Å². The van der Waals surface area contributed by atoms with Gasteiger partial charge in [-0.1, -0.05) is 31.5 Å². The van der Waals surface area contributed by atoms with Crippen LogP contribution in [0.15, 0.2) is 30.3 Å². The molecule has 4 nitrogen and oxygen atoms in total. The molecule has 1 aromatic carbocycles. The summed E-state index contributed by atoms with van der Waals surface area (Å²) >= 11 is 0. The molecule has 0 aliphatic rings. The molecule has 17 heavy (non-hydrogen) atoms. The molecule has 0 bridgehead atoms. The Morgan fingerprint density at radius 3 is 2.47 bits per heavy atom. The topological polar surface area (TPSA) is 52.6 Å². The second kappa shape index (κ2) is 7.44. The first-order valence-electron chi connectivity index (χ1n) is 5.43. The maximum absolute atomic E-state index is 11.2. The van der Waals surface area contributed by atoms with Gasteiger partial charge in [-0.25, -0.2) is 4.79 Å². The molecule has 0 aliphatic heterocycles. The molecule has 0 atom stereocenters. The third kappa shape index (κ3) is 5.70. The SMILES string of the molecule is [CH2]CCCC(=O)OC(=O)COc1ccccc1. The van der Waals surface area contributed by atoms with Crippen LogP contribution < -0.4 is 4.74 Å². The largest absolute Gasteiger partial charge is 0.482 e. The van der Waals surface area contributed by atoms with Crippen LogP contribution in [-0.2, 0) is 14.3 Å². The summed E-state index contributed by atoms with van der Waals surface area (Å²) in [6, 6.07) is 8.86. The summed E-state index contributed by atoms with van der Waals surface area (Å²) in [5.41, 5.74) is 0. The Hall–Kier alpha value is -1.84. The van der Waals surface area contributed by atoms with E-state index >= 15 is 0 Å². The van der Waals surface area contributed by atoms with E-state index < -0.39 is 11.9 Å². The van der Waals surface area contributed by atoms with E-state index in [9.17, 15) is 9.59 Å². The lowest BCUT2D eigenvalue weighted by Crippen LogP contribution is -2.18. The zero-order valence-electron chi connectivity index (χ0n) is 9.56. The molecule has 1 radical (unpaired) electrons. The number of hydrogen-bond acceptors (Lipinski definition) is 4. The third-order valence-corrected chi connectivity index (χ3v) is 1.96. The predicted molar refractivity (Wildman–Crippen MR) is 62.2 cm³/mol. The van der Waals surface area contributed by atoms with Crippen LogP contribution in [0.2, 0.25) is 0 Å². The van der Waals surface area contributed by atoms with Crippen LogP contribution in [0.3, 0.4) is 0 Å². The summed E-state index contributed by atoms with van der Waals surface area (Å²) < 4.78 is 9.68. The van der Waals surface area contributed by atoms with Crippen LogP contribution in [0.4, 0.5) is 0 Å². The van der Waals surface area contributed by atoms with E-state index in [2.05, 4.69) is 11.7 Å². The maximum Gasteiger partial charge on any atom is 0.351 e. The highest BCUT2D eigenvalue weighted by molar-refractivity contribution is 5.86. The van der Waals surface area contributed by atoms with E-state index in [1.807, 2.05) is 6.07 Å². The van der Waals surface area contributed by atoms with Crippen molar-refractivity contribution < 1.29 is 19.1 Å². The fraction of sp³-hybridized carbons (Fsp3) is 0.308. The number of para-hydroxylation sites is 1. The third-order valence-electron chi connectivity index (χ3n) is 1.96. The Kier molecular flexibility index (Phi) is 5.79. The Bertz CT molecular complexity index is 359. The van der Waals surface area contributed by atoms with Gasteiger partial charge in [0.05, 0.1) is 0 Å². The highest BCUT2D eigenvalue weighted by Crippen LogP contribution is 2.08. The first kappa shape index (κ1) is 13.2. The molecule has 0 spiro atoms. The monoisotopic (exact) mass is 235 g/mol.